The number of nitrogens with zero attached hydrogens (tertiary/aromatic N) is 2. The minimum absolute atomic E-state index is 0.0711. The van der Waals surface area contributed by atoms with Gasteiger partial charge in [0.25, 0.3) is 0 Å². The van der Waals surface area contributed by atoms with Crippen molar-refractivity contribution in [3.05, 3.63) is 23.2 Å². The van der Waals surface area contributed by atoms with Crippen LogP contribution in [0.15, 0.2) is 23.1 Å². The van der Waals surface area contributed by atoms with Crippen molar-refractivity contribution >= 4 is 27.5 Å². The van der Waals surface area contributed by atoms with Crippen molar-refractivity contribution in [3.63, 3.8) is 0 Å². The van der Waals surface area contributed by atoms with Gasteiger partial charge in [0.2, 0.25) is 15.9 Å². The van der Waals surface area contributed by atoms with E-state index in [-0.39, 0.29) is 23.3 Å². The van der Waals surface area contributed by atoms with Crippen LogP contribution < -0.4 is 4.74 Å². The number of ether oxygens (including phenoxy) is 1. The molecule has 3 rings (SSSR count). The third-order valence-corrected chi connectivity index (χ3v) is 7.77. The first-order chi connectivity index (χ1) is 13.3. The monoisotopic (exact) mass is 428 g/mol. The fraction of sp³-hybridized carbons (Fsp3) is 0.650. The third-order valence-electron chi connectivity index (χ3n) is 5.65. The molecule has 0 N–H and O–H groups in total. The summed E-state index contributed by atoms with van der Waals surface area (Å²) in [5.74, 6) is 0.743. The summed E-state index contributed by atoms with van der Waals surface area (Å²) in [4.78, 5) is 14.9. The minimum Gasteiger partial charge on any atom is -0.492 e. The molecule has 0 saturated carbocycles. The maximum Gasteiger partial charge on any atom is 0.246 e. The fourth-order valence-corrected chi connectivity index (χ4v) is 5.86. The van der Waals surface area contributed by atoms with E-state index in [0.29, 0.717) is 36.3 Å². The van der Waals surface area contributed by atoms with Crippen molar-refractivity contribution in [1.82, 2.24) is 9.21 Å². The van der Waals surface area contributed by atoms with Crippen molar-refractivity contribution in [2.75, 3.05) is 32.8 Å². The van der Waals surface area contributed by atoms with Crippen LogP contribution in [0.2, 0.25) is 5.02 Å². The van der Waals surface area contributed by atoms with Gasteiger partial charge < -0.3 is 9.64 Å². The number of benzene rings is 1. The Morgan fingerprint density at radius 3 is 2.61 bits per heavy atom. The van der Waals surface area contributed by atoms with Gasteiger partial charge in [-0.05, 0) is 56.7 Å². The lowest BCUT2D eigenvalue weighted by atomic mass is 9.94. The highest BCUT2D eigenvalue weighted by Gasteiger charge is 2.37. The number of carbonyl (C=O) groups is 1. The van der Waals surface area contributed by atoms with Gasteiger partial charge in [0.1, 0.15) is 10.6 Å². The summed E-state index contributed by atoms with van der Waals surface area (Å²) in [5, 5.41) is 0.342. The van der Waals surface area contributed by atoms with Crippen LogP contribution in [0.3, 0.4) is 0 Å². The Kier molecular flexibility index (Phi) is 6.89. The number of carbonyl (C=O) groups excluding carboxylic acids is 1. The van der Waals surface area contributed by atoms with Crippen LogP contribution in [0.5, 0.6) is 5.75 Å². The Morgan fingerprint density at radius 2 is 1.93 bits per heavy atom. The second-order valence-electron chi connectivity index (χ2n) is 7.73. The zero-order chi connectivity index (χ0) is 20.3. The zero-order valence-electron chi connectivity index (χ0n) is 16.6. The lowest BCUT2D eigenvalue weighted by molar-refractivity contribution is -0.138. The predicted molar refractivity (Wildman–Crippen MR) is 109 cm³/mol. The largest absolute Gasteiger partial charge is 0.492 e. The van der Waals surface area contributed by atoms with E-state index >= 15 is 0 Å². The van der Waals surface area contributed by atoms with E-state index in [1.165, 1.54) is 10.4 Å². The molecule has 6 nitrogen and oxygen atoms in total. The van der Waals surface area contributed by atoms with Gasteiger partial charge in [0.15, 0.2) is 0 Å². The Bertz CT molecular complexity index is 806. The zero-order valence-corrected chi connectivity index (χ0v) is 18.1. The van der Waals surface area contributed by atoms with Gasteiger partial charge in [0.05, 0.1) is 12.5 Å². The average molecular weight is 429 g/mol. The van der Waals surface area contributed by atoms with Crippen LogP contribution in [0.25, 0.3) is 0 Å². The summed E-state index contributed by atoms with van der Waals surface area (Å²) in [6, 6.07) is 4.63. The van der Waals surface area contributed by atoms with Crippen molar-refractivity contribution in [2.45, 2.75) is 44.4 Å². The van der Waals surface area contributed by atoms with E-state index in [9.17, 15) is 13.2 Å². The molecule has 1 atom stereocenters. The van der Waals surface area contributed by atoms with Gasteiger partial charge in [-0.3, -0.25) is 4.79 Å². The molecule has 0 radical (unpaired) electrons. The highest BCUT2D eigenvalue weighted by molar-refractivity contribution is 7.89. The summed E-state index contributed by atoms with van der Waals surface area (Å²) in [6.07, 6.45) is 3.43. The number of hydrogen-bond donors (Lipinski definition) is 0. The number of hydrogen-bond acceptors (Lipinski definition) is 4. The van der Waals surface area contributed by atoms with E-state index in [0.717, 1.165) is 32.4 Å². The van der Waals surface area contributed by atoms with Crippen molar-refractivity contribution in [3.8, 4) is 5.75 Å². The molecule has 0 aromatic heterocycles. The second kappa shape index (κ2) is 9.01. The van der Waals surface area contributed by atoms with E-state index in [1.807, 2.05) is 4.90 Å². The normalized spacial score (nSPS) is 22.2. The Balaban J connectivity index is 1.78. The molecule has 28 heavy (non-hydrogen) atoms. The summed E-state index contributed by atoms with van der Waals surface area (Å²) in [7, 11) is -3.79. The first-order valence-corrected chi connectivity index (χ1v) is 11.9. The van der Waals surface area contributed by atoms with Gasteiger partial charge in [-0.1, -0.05) is 18.5 Å². The standard InChI is InChI=1S/C20H29ClN2O4S/c1-3-27-18-7-6-17(21)13-19(18)28(25,26)23-10-4-5-16(14-23)20(24)22-11-8-15(2)9-12-22/h6-7,13,15-16H,3-5,8-12,14H2,1-2H3/t16-/m1/s1. The van der Waals surface area contributed by atoms with Crippen molar-refractivity contribution < 1.29 is 17.9 Å². The molecule has 2 aliphatic rings. The predicted octanol–water partition coefficient (Wildman–Crippen LogP) is 3.40. The van der Waals surface area contributed by atoms with Gasteiger partial charge in [-0.2, -0.15) is 4.31 Å². The highest BCUT2D eigenvalue weighted by Crippen LogP contribution is 2.33. The second-order valence-corrected chi connectivity index (χ2v) is 10.1. The molecule has 2 saturated heterocycles. The molecular formula is C20H29ClN2O4S. The summed E-state index contributed by atoms with van der Waals surface area (Å²) in [6.45, 7) is 6.53. The summed E-state index contributed by atoms with van der Waals surface area (Å²) < 4.78 is 33.5. The van der Waals surface area contributed by atoms with E-state index in [1.54, 1.807) is 19.1 Å². The molecule has 0 aliphatic carbocycles. The first-order valence-electron chi connectivity index (χ1n) is 10.0. The highest BCUT2D eigenvalue weighted by atomic mass is 35.5. The number of likely N-dealkylation sites (tertiary alicyclic amines) is 1. The van der Waals surface area contributed by atoms with Crippen LogP contribution >= 0.6 is 11.6 Å². The summed E-state index contributed by atoms with van der Waals surface area (Å²) >= 11 is 6.06. The van der Waals surface area contributed by atoms with Crippen LogP contribution in [0.1, 0.15) is 39.5 Å². The van der Waals surface area contributed by atoms with E-state index in [4.69, 9.17) is 16.3 Å². The molecular weight excluding hydrogens is 400 g/mol. The number of halogens is 1. The number of piperidine rings is 2. The Hall–Kier alpha value is -1.31. The molecule has 1 amide bonds. The van der Waals surface area contributed by atoms with E-state index in [2.05, 4.69) is 6.92 Å². The summed E-state index contributed by atoms with van der Waals surface area (Å²) in [5.41, 5.74) is 0. The SMILES string of the molecule is CCOc1ccc(Cl)cc1S(=O)(=O)N1CCC[C@@H](C(=O)N2CCC(C)CC2)C1. The van der Waals surface area contributed by atoms with Crippen molar-refractivity contribution in [1.29, 1.82) is 0 Å². The van der Waals surface area contributed by atoms with Gasteiger partial charge >= 0.3 is 0 Å². The van der Waals surface area contributed by atoms with Gasteiger partial charge in [-0.15, -0.1) is 0 Å². The Morgan fingerprint density at radius 1 is 1.21 bits per heavy atom. The van der Waals surface area contributed by atoms with Crippen LogP contribution in [0.4, 0.5) is 0 Å². The number of sulfonamides is 1. The molecule has 1 aromatic rings. The average Bonchev–Trinajstić information content (AvgIpc) is 2.69. The lowest BCUT2D eigenvalue weighted by Gasteiger charge is -2.37. The van der Waals surface area contributed by atoms with E-state index < -0.39 is 10.0 Å². The van der Waals surface area contributed by atoms with Gasteiger partial charge in [-0.25, -0.2) is 8.42 Å². The first kappa shape index (κ1) is 21.4. The molecule has 2 aliphatic heterocycles. The fourth-order valence-electron chi connectivity index (χ4n) is 3.95. The smallest absolute Gasteiger partial charge is 0.246 e. The molecule has 1 aromatic carbocycles. The third kappa shape index (κ3) is 4.63. The van der Waals surface area contributed by atoms with Gasteiger partial charge in [0, 0.05) is 31.2 Å². The topological polar surface area (TPSA) is 66.9 Å². The molecule has 2 fully saturated rings. The molecule has 0 bridgehead atoms. The number of rotatable bonds is 5. The molecule has 0 spiro atoms. The van der Waals surface area contributed by atoms with Crippen LogP contribution in [0, 0.1) is 11.8 Å². The molecule has 156 valence electrons. The molecule has 2 heterocycles. The maximum absolute atomic E-state index is 13.3. The molecule has 0 unspecified atom stereocenters. The van der Waals surface area contributed by atoms with Crippen molar-refractivity contribution in [2.24, 2.45) is 11.8 Å². The maximum atomic E-state index is 13.3. The lowest BCUT2D eigenvalue weighted by Crippen LogP contribution is -2.48. The Labute approximate surface area is 172 Å². The number of amides is 1. The quantitative estimate of drug-likeness (QED) is 0.720. The molecule has 8 heteroatoms. The van der Waals surface area contributed by atoms with Crippen LogP contribution in [-0.2, 0) is 14.8 Å². The van der Waals surface area contributed by atoms with Crippen LogP contribution in [-0.4, -0.2) is 56.3 Å². The minimum atomic E-state index is -3.79.